The van der Waals surface area contributed by atoms with Gasteiger partial charge in [-0.25, -0.2) is 0 Å². The van der Waals surface area contributed by atoms with Gasteiger partial charge in [0.1, 0.15) is 6.54 Å². The van der Waals surface area contributed by atoms with Gasteiger partial charge in [0.2, 0.25) is 0 Å². The summed E-state index contributed by atoms with van der Waals surface area (Å²) in [5.41, 5.74) is 2.58. The maximum absolute atomic E-state index is 3.75. The van der Waals surface area contributed by atoms with Gasteiger partial charge >= 0.3 is 0 Å². The van der Waals surface area contributed by atoms with E-state index in [0.717, 1.165) is 17.6 Å². The van der Waals surface area contributed by atoms with Crippen LogP contribution in [0.3, 0.4) is 0 Å². The lowest BCUT2D eigenvalue weighted by molar-refractivity contribution is -0.901. The Morgan fingerprint density at radius 1 is 1.21 bits per heavy atom. The highest BCUT2D eigenvalue weighted by Crippen LogP contribution is 2.10. The first kappa shape index (κ1) is 11.0. The number of hydrogen-bond donors (Lipinski definition) is 0. The molecule has 1 nitrogen and oxygen atoms in total. The zero-order valence-electron chi connectivity index (χ0n) is 9.46. The summed E-state index contributed by atoms with van der Waals surface area (Å²) in [5.74, 6) is 0. The number of quaternary nitrogens is 1. The van der Waals surface area contributed by atoms with Crippen LogP contribution in [0.15, 0.2) is 30.8 Å². The van der Waals surface area contributed by atoms with Crippen LogP contribution in [0.25, 0.3) is 6.08 Å². The summed E-state index contributed by atoms with van der Waals surface area (Å²) < 4.78 is 1.04. The van der Waals surface area contributed by atoms with Crippen molar-refractivity contribution in [2.75, 3.05) is 20.6 Å². The zero-order chi connectivity index (χ0) is 10.6. The molecule has 0 heterocycles. The predicted octanol–water partition coefficient (Wildman–Crippen LogP) is 2.93. The van der Waals surface area contributed by atoms with E-state index in [9.17, 15) is 0 Å². The van der Waals surface area contributed by atoms with Crippen LogP contribution in [0.4, 0.5) is 0 Å². The van der Waals surface area contributed by atoms with Crippen molar-refractivity contribution in [2.45, 2.75) is 13.5 Å². The van der Waals surface area contributed by atoms with Gasteiger partial charge in [0.15, 0.2) is 0 Å². The van der Waals surface area contributed by atoms with Crippen LogP contribution in [-0.4, -0.2) is 25.1 Å². The Morgan fingerprint density at radius 3 is 2.21 bits per heavy atom. The molecule has 0 aliphatic rings. The Kier molecular flexibility index (Phi) is 3.48. The quantitative estimate of drug-likeness (QED) is 0.640. The van der Waals surface area contributed by atoms with Crippen molar-refractivity contribution in [2.24, 2.45) is 0 Å². The molecule has 0 saturated carbocycles. The van der Waals surface area contributed by atoms with Gasteiger partial charge in [0.05, 0.1) is 20.6 Å². The lowest BCUT2D eigenvalue weighted by atomic mass is 10.1. The average Bonchev–Trinajstić information content (AvgIpc) is 2.19. The summed E-state index contributed by atoms with van der Waals surface area (Å²) >= 11 is 0. The molecular formula is C13H20N+. The van der Waals surface area contributed by atoms with Crippen LogP contribution in [0.2, 0.25) is 0 Å². The second kappa shape index (κ2) is 4.43. The Hall–Kier alpha value is -1.08. The van der Waals surface area contributed by atoms with Gasteiger partial charge in [0.25, 0.3) is 0 Å². The minimum absolute atomic E-state index is 1.04. The first-order valence-corrected chi connectivity index (χ1v) is 5.11. The first-order valence-electron chi connectivity index (χ1n) is 5.11. The third-order valence-electron chi connectivity index (χ3n) is 2.68. The van der Waals surface area contributed by atoms with Gasteiger partial charge in [-0.05, 0) is 12.5 Å². The van der Waals surface area contributed by atoms with Crippen molar-refractivity contribution in [3.63, 3.8) is 0 Å². The van der Waals surface area contributed by atoms with Crippen molar-refractivity contribution >= 4 is 6.08 Å². The van der Waals surface area contributed by atoms with Gasteiger partial charge in [-0.15, -0.1) is 0 Å². The van der Waals surface area contributed by atoms with Crippen LogP contribution >= 0.6 is 0 Å². The van der Waals surface area contributed by atoms with E-state index in [0.29, 0.717) is 0 Å². The maximum atomic E-state index is 3.75. The Balaban J connectivity index is 2.73. The molecule has 0 atom stereocenters. The molecule has 1 heteroatoms. The molecule has 0 spiro atoms. The van der Waals surface area contributed by atoms with Crippen LogP contribution in [0.5, 0.6) is 0 Å². The smallest absolute Gasteiger partial charge is 0.104 e. The van der Waals surface area contributed by atoms with E-state index in [1.54, 1.807) is 0 Å². The molecular weight excluding hydrogens is 170 g/mol. The minimum atomic E-state index is 1.04. The normalized spacial score (nSPS) is 11.4. The van der Waals surface area contributed by atoms with Crippen LogP contribution in [-0.2, 0) is 6.54 Å². The largest absolute Gasteiger partial charge is 0.325 e. The maximum Gasteiger partial charge on any atom is 0.104 e. The van der Waals surface area contributed by atoms with Gasteiger partial charge in [-0.3, -0.25) is 0 Å². The van der Waals surface area contributed by atoms with Crippen LogP contribution in [0.1, 0.15) is 18.1 Å². The molecule has 0 unspecified atom stereocenters. The van der Waals surface area contributed by atoms with Gasteiger partial charge < -0.3 is 4.48 Å². The molecule has 0 N–H and O–H groups in total. The molecule has 1 aromatic rings. The molecule has 76 valence electrons. The Labute approximate surface area is 87.3 Å². The molecule has 0 fully saturated rings. The molecule has 1 rings (SSSR count). The molecule has 0 aliphatic carbocycles. The monoisotopic (exact) mass is 190 g/mol. The fraction of sp³-hybridized carbons (Fsp3) is 0.385. The zero-order valence-corrected chi connectivity index (χ0v) is 9.46. The summed E-state index contributed by atoms with van der Waals surface area (Å²) in [6.07, 6.45) is 1.88. The first-order chi connectivity index (χ1) is 6.57. The summed E-state index contributed by atoms with van der Waals surface area (Å²) in [4.78, 5) is 0. The number of hydrogen-bond acceptors (Lipinski definition) is 0. The highest BCUT2D eigenvalue weighted by atomic mass is 15.3. The topological polar surface area (TPSA) is 0 Å². The van der Waals surface area contributed by atoms with E-state index >= 15 is 0 Å². The second-order valence-corrected chi connectivity index (χ2v) is 4.36. The van der Waals surface area contributed by atoms with Gasteiger partial charge in [-0.1, -0.05) is 36.9 Å². The van der Waals surface area contributed by atoms with Crippen molar-refractivity contribution in [3.8, 4) is 0 Å². The highest BCUT2D eigenvalue weighted by molar-refractivity contribution is 5.47. The van der Waals surface area contributed by atoms with E-state index in [1.807, 2.05) is 6.08 Å². The summed E-state index contributed by atoms with van der Waals surface area (Å²) in [6, 6.07) is 8.62. The standard InChI is InChI=1S/C13H20N/c1-5-12-7-9-13(10-8-12)11-14(3,4)6-2/h5,7-10H,1,6,11H2,2-4H3/q+1. The minimum Gasteiger partial charge on any atom is -0.325 e. The van der Waals surface area contributed by atoms with Crippen LogP contribution in [0, 0.1) is 0 Å². The van der Waals surface area contributed by atoms with Gasteiger partial charge in [-0.2, -0.15) is 0 Å². The van der Waals surface area contributed by atoms with E-state index < -0.39 is 0 Å². The summed E-state index contributed by atoms with van der Waals surface area (Å²) in [7, 11) is 4.50. The fourth-order valence-electron chi connectivity index (χ4n) is 1.37. The van der Waals surface area contributed by atoms with Crippen molar-refractivity contribution in [1.82, 2.24) is 0 Å². The van der Waals surface area contributed by atoms with Crippen molar-refractivity contribution in [1.29, 1.82) is 0 Å². The lowest BCUT2D eigenvalue weighted by Gasteiger charge is -2.28. The van der Waals surface area contributed by atoms with Crippen LogP contribution < -0.4 is 0 Å². The summed E-state index contributed by atoms with van der Waals surface area (Å²) in [6.45, 7) is 8.21. The van der Waals surface area contributed by atoms with Crippen molar-refractivity contribution < 1.29 is 4.48 Å². The van der Waals surface area contributed by atoms with E-state index in [-0.39, 0.29) is 0 Å². The molecule has 0 bridgehead atoms. The predicted molar refractivity (Wildman–Crippen MR) is 62.9 cm³/mol. The molecule has 0 saturated heterocycles. The third-order valence-corrected chi connectivity index (χ3v) is 2.68. The molecule has 0 aliphatic heterocycles. The lowest BCUT2D eigenvalue weighted by Crippen LogP contribution is -2.38. The van der Waals surface area contributed by atoms with Crippen molar-refractivity contribution in [3.05, 3.63) is 42.0 Å². The fourth-order valence-corrected chi connectivity index (χ4v) is 1.37. The third kappa shape index (κ3) is 3.00. The molecule has 14 heavy (non-hydrogen) atoms. The Bertz CT molecular complexity index is 296. The molecule has 0 radical (unpaired) electrons. The highest BCUT2D eigenvalue weighted by Gasteiger charge is 2.11. The molecule has 0 aromatic heterocycles. The van der Waals surface area contributed by atoms with E-state index in [4.69, 9.17) is 0 Å². The number of benzene rings is 1. The van der Waals surface area contributed by atoms with E-state index in [1.165, 1.54) is 11.1 Å². The SMILES string of the molecule is C=Cc1ccc(C[N+](C)(C)CC)cc1. The number of rotatable bonds is 4. The molecule has 0 amide bonds. The Morgan fingerprint density at radius 2 is 1.79 bits per heavy atom. The number of nitrogens with zero attached hydrogens (tertiary/aromatic N) is 1. The summed E-state index contributed by atoms with van der Waals surface area (Å²) in [5, 5.41) is 0. The van der Waals surface area contributed by atoms with E-state index in [2.05, 4.69) is 51.9 Å². The molecule has 1 aromatic carbocycles. The van der Waals surface area contributed by atoms with Gasteiger partial charge in [0, 0.05) is 5.56 Å². The second-order valence-electron chi connectivity index (χ2n) is 4.36. The average molecular weight is 190 g/mol.